The van der Waals surface area contributed by atoms with E-state index in [1.165, 1.54) is 6.08 Å². The molecule has 1 aliphatic carbocycles. The first-order valence-corrected chi connectivity index (χ1v) is 7.39. The molecule has 112 valence electrons. The van der Waals surface area contributed by atoms with Crippen molar-refractivity contribution in [3.8, 4) is 0 Å². The van der Waals surface area contributed by atoms with Crippen LogP contribution in [0.25, 0.3) is 5.57 Å². The lowest BCUT2D eigenvalue weighted by Gasteiger charge is -2.25. The Morgan fingerprint density at radius 1 is 1.38 bits per heavy atom. The molecule has 0 radical (unpaired) electrons. The van der Waals surface area contributed by atoms with Crippen LogP contribution in [0.3, 0.4) is 0 Å². The topological polar surface area (TPSA) is 46.5 Å². The highest BCUT2D eigenvalue weighted by Crippen LogP contribution is 2.27. The number of aliphatic hydroxyl groups is 1. The Kier molecular flexibility index (Phi) is 4.97. The quantitative estimate of drug-likeness (QED) is 0.844. The van der Waals surface area contributed by atoms with Crippen LogP contribution in [-0.2, 0) is 9.53 Å². The number of ether oxygens (including phenoxy) is 1. The maximum absolute atomic E-state index is 12.0. The normalized spacial score (nSPS) is 22.5. The van der Waals surface area contributed by atoms with Gasteiger partial charge in [0.25, 0.3) is 0 Å². The number of allylic oxidation sites excluding steroid dienone is 2. The highest BCUT2D eigenvalue weighted by atomic mass is 16.5. The predicted octanol–water partition coefficient (Wildman–Crippen LogP) is 3.35. The van der Waals surface area contributed by atoms with E-state index in [-0.39, 0.29) is 6.42 Å². The molecule has 1 aliphatic rings. The van der Waals surface area contributed by atoms with Crippen molar-refractivity contribution in [3.05, 3.63) is 54.1 Å². The van der Waals surface area contributed by atoms with Crippen molar-refractivity contribution >= 4 is 11.5 Å². The van der Waals surface area contributed by atoms with Crippen LogP contribution in [0.5, 0.6) is 0 Å². The third-order valence-electron chi connectivity index (χ3n) is 3.83. The van der Waals surface area contributed by atoms with Gasteiger partial charge in [0.1, 0.15) is 0 Å². The lowest BCUT2D eigenvalue weighted by Crippen LogP contribution is -2.39. The largest absolute Gasteiger partial charge is 0.463 e. The van der Waals surface area contributed by atoms with Gasteiger partial charge in [-0.1, -0.05) is 62.8 Å². The Bertz CT molecular complexity index is 545. The molecule has 0 spiro atoms. The van der Waals surface area contributed by atoms with Gasteiger partial charge in [-0.15, -0.1) is 0 Å². The van der Waals surface area contributed by atoms with Gasteiger partial charge in [-0.2, -0.15) is 0 Å². The zero-order chi connectivity index (χ0) is 15.3. The van der Waals surface area contributed by atoms with Gasteiger partial charge in [0, 0.05) is 6.42 Å². The molecular formula is C18H22O3. The lowest BCUT2D eigenvalue weighted by atomic mass is 9.89. The predicted molar refractivity (Wildman–Crippen MR) is 83.5 cm³/mol. The third-order valence-corrected chi connectivity index (χ3v) is 3.83. The van der Waals surface area contributed by atoms with Gasteiger partial charge in [-0.3, -0.25) is 0 Å². The van der Waals surface area contributed by atoms with E-state index in [0.29, 0.717) is 12.5 Å². The van der Waals surface area contributed by atoms with Gasteiger partial charge in [0.2, 0.25) is 0 Å². The van der Waals surface area contributed by atoms with Crippen LogP contribution in [0.1, 0.15) is 32.3 Å². The molecule has 0 bridgehead atoms. The van der Waals surface area contributed by atoms with Gasteiger partial charge in [0.05, 0.1) is 6.61 Å². The van der Waals surface area contributed by atoms with Crippen molar-refractivity contribution in [2.75, 3.05) is 6.61 Å². The van der Waals surface area contributed by atoms with Crippen molar-refractivity contribution < 1.29 is 14.6 Å². The second-order valence-electron chi connectivity index (χ2n) is 5.60. The Balaban J connectivity index is 2.00. The molecule has 3 nitrogen and oxygen atoms in total. The van der Waals surface area contributed by atoms with Crippen molar-refractivity contribution in [2.45, 2.75) is 32.3 Å². The molecule has 2 unspecified atom stereocenters. The van der Waals surface area contributed by atoms with E-state index >= 15 is 0 Å². The summed E-state index contributed by atoms with van der Waals surface area (Å²) in [5.41, 5.74) is 0.546. The van der Waals surface area contributed by atoms with Crippen molar-refractivity contribution in [3.63, 3.8) is 0 Å². The molecule has 1 N–H and O–H groups in total. The van der Waals surface area contributed by atoms with Crippen molar-refractivity contribution in [1.29, 1.82) is 0 Å². The van der Waals surface area contributed by atoms with Gasteiger partial charge >= 0.3 is 5.97 Å². The van der Waals surface area contributed by atoms with Gasteiger partial charge in [-0.25, -0.2) is 4.79 Å². The molecule has 21 heavy (non-hydrogen) atoms. The van der Waals surface area contributed by atoms with Crippen LogP contribution in [0, 0.1) is 5.92 Å². The molecule has 0 heterocycles. The number of carbonyl (C=O) groups excluding carboxylic acids is 1. The van der Waals surface area contributed by atoms with E-state index in [2.05, 4.69) is 0 Å². The molecule has 1 aromatic carbocycles. The van der Waals surface area contributed by atoms with E-state index < -0.39 is 11.6 Å². The average molecular weight is 286 g/mol. The molecule has 2 rings (SSSR count). The molecule has 0 amide bonds. The molecule has 3 heteroatoms. The summed E-state index contributed by atoms with van der Waals surface area (Å²) in [5, 5.41) is 10.4. The molecule has 1 aromatic rings. The standard InChI is InChI=1S/C18H22O3/c1-3-14(2)13-21-17(19)18(20)11-9-16(10-12-18)15-7-5-4-6-8-15/h4-11,14,20H,3,12-13H2,1-2H3. The summed E-state index contributed by atoms with van der Waals surface area (Å²) in [7, 11) is 0. The molecule has 0 fully saturated rings. The summed E-state index contributed by atoms with van der Waals surface area (Å²) in [5.74, 6) is -0.261. The SMILES string of the molecule is CCC(C)COC(=O)C1(O)C=CC(c2ccccc2)=CC1. The Labute approximate surface area is 125 Å². The van der Waals surface area contributed by atoms with Gasteiger partial charge in [-0.05, 0) is 23.1 Å². The summed E-state index contributed by atoms with van der Waals surface area (Å²) in [6.07, 6.45) is 6.38. The zero-order valence-corrected chi connectivity index (χ0v) is 12.6. The molecule has 0 aromatic heterocycles. The fourth-order valence-corrected chi connectivity index (χ4v) is 2.09. The van der Waals surface area contributed by atoms with E-state index in [0.717, 1.165) is 17.6 Å². The highest BCUT2D eigenvalue weighted by Gasteiger charge is 2.35. The van der Waals surface area contributed by atoms with Crippen LogP contribution >= 0.6 is 0 Å². The first kappa shape index (κ1) is 15.5. The number of benzene rings is 1. The summed E-state index contributed by atoms with van der Waals surface area (Å²) >= 11 is 0. The van der Waals surface area contributed by atoms with Gasteiger partial charge < -0.3 is 9.84 Å². The molecular weight excluding hydrogens is 264 g/mol. The molecule has 0 saturated carbocycles. The third kappa shape index (κ3) is 3.82. The Morgan fingerprint density at radius 2 is 2.10 bits per heavy atom. The second kappa shape index (κ2) is 6.72. The summed E-state index contributed by atoms with van der Waals surface area (Å²) in [6, 6.07) is 9.89. The Hall–Kier alpha value is -1.87. The van der Waals surface area contributed by atoms with E-state index in [1.807, 2.05) is 50.3 Å². The number of carbonyl (C=O) groups is 1. The van der Waals surface area contributed by atoms with Crippen LogP contribution in [0.2, 0.25) is 0 Å². The van der Waals surface area contributed by atoms with Crippen LogP contribution < -0.4 is 0 Å². The smallest absolute Gasteiger partial charge is 0.342 e. The Morgan fingerprint density at radius 3 is 2.67 bits per heavy atom. The summed E-state index contributed by atoms with van der Waals surface area (Å²) < 4.78 is 5.21. The maximum atomic E-state index is 12.0. The fraction of sp³-hybridized carbons (Fsp3) is 0.389. The number of esters is 1. The van der Waals surface area contributed by atoms with Crippen LogP contribution in [0.4, 0.5) is 0 Å². The van der Waals surface area contributed by atoms with Crippen LogP contribution in [-0.4, -0.2) is 23.3 Å². The highest BCUT2D eigenvalue weighted by molar-refractivity contribution is 5.86. The first-order chi connectivity index (χ1) is 10.0. The van der Waals surface area contributed by atoms with Crippen molar-refractivity contribution in [2.24, 2.45) is 5.92 Å². The number of hydrogen-bond donors (Lipinski definition) is 1. The minimum Gasteiger partial charge on any atom is -0.463 e. The molecule has 2 atom stereocenters. The first-order valence-electron chi connectivity index (χ1n) is 7.39. The lowest BCUT2D eigenvalue weighted by molar-refractivity contribution is -0.161. The minimum absolute atomic E-state index is 0.243. The fourth-order valence-electron chi connectivity index (χ4n) is 2.09. The van der Waals surface area contributed by atoms with Gasteiger partial charge in [0.15, 0.2) is 5.60 Å². The number of rotatable bonds is 5. The average Bonchev–Trinajstić information content (AvgIpc) is 2.53. The molecule has 0 aliphatic heterocycles. The van der Waals surface area contributed by atoms with E-state index in [1.54, 1.807) is 6.08 Å². The minimum atomic E-state index is -1.54. The number of hydrogen-bond acceptors (Lipinski definition) is 3. The molecule has 0 saturated heterocycles. The maximum Gasteiger partial charge on any atom is 0.342 e. The van der Waals surface area contributed by atoms with E-state index in [4.69, 9.17) is 4.74 Å². The summed E-state index contributed by atoms with van der Waals surface area (Å²) in [4.78, 5) is 12.0. The monoisotopic (exact) mass is 286 g/mol. The summed E-state index contributed by atoms with van der Waals surface area (Å²) in [6.45, 7) is 4.41. The van der Waals surface area contributed by atoms with Crippen LogP contribution in [0.15, 0.2) is 48.6 Å². The second-order valence-corrected chi connectivity index (χ2v) is 5.60. The zero-order valence-electron chi connectivity index (χ0n) is 12.6. The van der Waals surface area contributed by atoms with E-state index in [9.17, 15) is 9.90 Å². The van der Waals surface area contributed by atoms with Crippen molar-refractivity contribution in [1.82, 2.24) is 0 Å².